The van der Waals surface area contributed by atoms with E-state index >= 15 is 0 Å². The minimum atomic E-state index is 0.0762. The van der Waals surface area contributed by atoms with E-state index in [1.165, 1.54) is 0 Å². The van der Waals surface area contributed by atoms with Gasteiger partial charge in [0.05, 0.1) is 22.0 Å². The maximum atomic E-state index is 6.04. The van der Waals surface area contributed by atoms with Crippen LogP contribution in [0.4, 0.5) is 5.82 Å². The Morgan fingerprint density at radius 3 is 3.00 bits per heavy atom. The maximum absolute atomic E-state index is 6.04. The number of nitrogens with one attached hydrogen (secondary N) is 1. The van der Waals surface area contributed by atoms with E-state index in [1.807, 2.05) is 19.1 Å². The lowest BCUT2D eigenvalue weighted by molar-refractivity contribution is 0.518. The van der Waals surface area contributed by atoms with E-state index < -0.39 is 0 Å². The third-order valence-electron chi connectivity index (χ3n) is 3.03. The van der Waals surface area contributed by atoms with E-state index in [0.29, 0.717) is 12.4 Å². The van der Waals surface area contributed by atoms with Gasteiger partial charge in [-0.05, 0) is 53.0 Å². The summed E-state index contributed by atoms with van der Waals surface area (Å²) in [5.41, 5.74) is 6.71. The average Bonchev–Trinajstić information content (AvgIpc) is 3.07. The average molecular weight is 402 g/mol. The highest BCUT2D eigenvalue weighted by Gasteiger charge is 2.17. The summed E-state index contributed by atoms with van der Waals surface area (Å²) in [4.78, 5) is 9.76. The van der Waals surface area contributed by atoms with Crippen molar-refractivity contribution in [2.45, 2.75) is 25.9 Å². The van der Waals surface area contributed by atoms with Crippen molar-refractivity contribution >= 4 is 54.9 Å². The Balaban J connectivity index is 1.98. The van der Waals surface area contributed by atoms with Crippen molar-refractivity contribution in [2.75, 3.05) is 5.32 Å². The molecule has 116 valence electrons. The molecule has 0 aliphatic heterocycles. The second-order valence-electron chi connectivity index (χ2n) is 4.97. The molecule has 0 saturated heterocycles. The molecule has 3 N–H and O–H groups in total. The van der Waals surface area contributed by atoms with Crippen LogP contribution in [0.2, 0.25) is 5.28 Å². The number of fused-ring (bicyclic) bond motifs is 1. The number of rotatable bonds is 5. The zero-order valence-corrected chi connectivity index (χ0v) is 14.9. The van der Waals surface area contributed by atoms with Crippen molar-refractivity contribution in [3.63, 3.8) is 0 Å². The quantitative estimate of drug-likeness (QED) is 0.626. The maximum Gasteiger partial charge on any atom is 0.225 e. The van der Waals surface area contributed by atoms with Gasteiger partial charge in [0.15, 0.2) is 0 Å². The predicted molar refractivity (Wildman–Crippen MR) is 93.5 cm³/mol. The van der Waals surface area contributed by atoms with Crippen molar-refractivity contribution in [3.8, 4) is 0 Å². The Morgan fingerprint density at radius 1 is 1.50 bits per heavy atom. The molecule has 0 bridgehead atoms. The molecular formula is C14H14BrClN4OS. The molecule has 3 aromatic heterocycles. The Hall–Kier alpha value is -1.15. The minimum absolute atomic E-state index is 0.0762. The van der Waals surface area contributed by atoms with E-state index in [-0.39, 0.29) is 11.3 Å². The molecular weight excluding hydrogens is 388 g/mol. The number of hydrogen-bond donors (Lipinski definition) is 2. The van der Waals surface area contributed by atoms with E-state index in [9.17, 15) is 0 Å². The van der Waals surface area contributed by atoms with Gasteiger partial charge in [0, 0.05) is 10.9 Å². The van der Waals surface area contributed by atoms with Gasteiger partial charge in [-0.15, -0.1) is 11.3 Å². The molecule has 0 aliphatic rings. The number of nitrogens with zero attached hydrogens (tertiary/aromatic N) is 2. The van der Waals surface area contributed by atoms with Gasteiger partial charge in [0.25, 0.3) is 0 Å². The fraction of sp³-hybridized carbons (Fsp3) is 0.286. The Labute approximate surface area is 145 Å². The lowest BCUT2D eigenvalue weighted by Gasteiger charge is -2.05. The van der Waals surface area contributed by atoms with Gasteiger partial charge in [0.1, 0.15) is 17.1 Å². The highest BCUT2D eigenvalue weighted by molar-refractivity contribution is 9.10. The molecule has 3 aromatic rings. The van der Waals surface area contributed by atoms with Crippen LogP contribution >= 0.6 is 38.9 Å². The summed E-state index contributed by atoms with van der Waals surface area (Å²) in [5, 5.41) is 3.46. The summed E-state index contributed by atoms with van der Waals surface area (Å²) in [6.45, 7) is 2.51. The highest BCUT2D eigenvalue weighted by atomic mass is 79.9. The number of aromatic nitrogens is 2. The van der Waals surface area contributed by atoms with Crippen LogP contribution in [-0.2, 0) is 13.0 Å². The minimum Gasteiger partial charge on any atom is -0.467 e. The number of thiophene rings is 1. The molecule has 5 nitrogen and oxygen atoms in total. The van der Waals surface area contributed by atoms with E-state index in [2.05, 4.69) is 31.2 Å². The van der Waals surface area contributed by atoms with Crippen LogP contribution in [0, 0.1) is 0 Å². The number of halogens is 2. The smallest absolute Gasteiger partial charge is 0.225 e. The zero-order valence-electron chi connectivity index (χ0n) is 11.8. The molecule has 0 radical (unpaired) electrons. The summed E-state index contributed by atoms with van der Waals surface area (Å²) in [5.74, 6) is 1.53. The molecule has 1 atom stereocenters. The SMILES string of the molecule is C[C@H](N)Cc1sc2c(NCc3ccco3)nc(Cl)nc2c1Br. The van der Waals surface area contributed by atoms with Gasteiger partial charge in [-0.1, -0.05) is 0 Å². The summed E-state index contributed by atoms with van der Waals surface area (Å²) in [6, 6.07) is 3.83. The summed E-state index contributed by atoms with van der Waals surface area (Å²) in [7, 11) is 0. The first kappa shape index (κ1) is 15.7. The van der Waals surface area contributed by atoms with Crippen LogP contribution in [0.3, 0.4) is 0 Å². The van der Waals surface area contributed by atoms with E-state index in [4.69, 9.17) is 21.8 Å². The molecule has 0 aromatic carbocycles. The Bertz CT molecular complexity index is 788. The van der Waals surface area contributed by atoms with Gasteiger partial charge in [-0.2, -0.15) is 4.98 Å². The second-order valence-corrected chi connectivity index (χ2v) is 7.21. The van der Waals surface area contributed by atoms with Crippen LogP contribution in [0.15, 0.2) is 27.3 Å². The summed E-state index contributed by atoms with van der Waals surface area (Å²) < 4.78 is 7.21. The molecule has 0 aliphatic carbocycles. The van der Waals surface area contributed by atoms with Gasteiger partial charge in [-0.3, -0.25) is 0 Å². The first-order valence-corrected chi connectivity index (χ1v) is 8.69. The molecule has 8 heteroatoms. The fourth-order valence-electron chi connectivity index (χ4n) is 2.10. The van der Waals surface area contributed by atoms with Crippen molar-refractivity contribution < 1.29 is 4.42 Å². The standard InChI is InChI=1S/C14H14BrClN4OS/c1-7(17)5-9-10(15)11-12(22-9)13(20-14(16)19-11)18-6-8-3-2-4-21-8/h2-4,7H,5-6,17H2,1H3,(H,18,19,20)/t7-/m0/s1. The highest BCUT2D eigenvalue weighted by Crippen LogP contribution is 2.39. The van der Waals surface area contributed by atoms with Gasteiger partial charge in [0.2, 0.25) is 5.28 Å². The van der Waals surface area contributed by atoms with Gasteiger partial charge in [-0.25, -0.2) is 4.98 Å². The van der Waals surface area contributed by atoms with Crippen LogP contribution in [0.25, 0.3) is 10.2 Å². The molecule has 0 unspecified atom stereocenters. The monoisotopic (exact) mass is 400 g/mol. The van der Waals surface area contributed by atoms with E-state index in [0.717, 1.165) is 31.7 Å². The van der Waals surface area contributed by atoms with Crippen molar-refractivity contribution in [2.24, 2.45) is 5.73 Å². The fourth-order valence-corrected chi connectivity index (χ4v) is 4.33. The second kappa shape index (κ2) is 6.54. The van der Waals surface area contributed by atoms with Crippen molar-refractivity contribution in [1.82, 2.24) is 9.97 Å². The Morgan fingerprint density at radius 2 is 2.32 bits per heavy atom. The normalized spacial score (nSPS) is 12.7. The first-order valence-electron chi connectivity index (χ1n) is 6.71. The largest absolute Gasteiger partial charge is 0.467 e. The molecule has 0 fully saturated rings. The van der Waals surface area contributed by atoms with Crippen LogP contribution in [0.5, 0.6) is 0 Å². The molecule has 0 spiro atoms. The topological polar surface area (TPSA) is 77.0 Å². The van der Waals surface area contributed by atoms with E-state index in [1.54, 1.807) is 17.6 Å². The lowest BCUT2D eigenvalue weighted by Crippen LogP contribution is -2.17. The van der Waals surface area contributed by atoms with Crippen LogP contribution in [-0.4, -0.2) is 16.0 Å². The predicted octanol–water partition coefficient (Wildman–Crippen LogP) is 4.20. The molecule has 22 heavy (non-hydrogen) atoms. The van der Waals surface area contributed by atoms with Crippen molar-refractivity contribution in [3.05, 3.63) is 38.8 Å². The number of nitrogens with two attached hydrogens (primary N) is 1. The summed E-state index contributed by atoms with van der Waals surface area (Å²) >= 11 is 11.3. The summed E-state index contributed by atoms with van der Waals surface area (Å²) in [6.07, 6.45) is 2.42. The first-order chi connectivity index (χ1) is 10.5. The molecule has 0 amide bonds. The molecule has 3 heterocycles. The van der Waals surface area contributed by atoms with Crippen LogP contribution < -0.4 is 11.1 Å². The lowest BCUT2D eigenvalue weighted by atomic mass is 10.2. The third-order valence-corrected chi connectivity index (χ3v) is 5.53. The molecule has 3 rings (SSSR count). The number of anilines is 1. The van der Waals surface area contributed by atoms with Gasteiger partial charge < -0.3 is 15.5 Å². The third kappa shape index (κ3) is 3.27. The number of hydrogen-bond acceptors (Lipinski definition) is 6. The zero-order chi connectivity index (χ0) is 15.7. The van der Waals surface area contributed by atoms with Crippen molar-refractivity contribution in [1.29, 1.82) is 0 Å². The number of furan rings is 1. The van der Waals surface area contributed by atoms with Gasteiger partial charge >= 0.3 is 0 Å². The Kier molecular flexibility index (Phi) is 4.67. The van der Waals surface area contributed by atoms with Crippen LogP contribution in [0.1, 0.15) is 17.6 Å². The molecule has 0 saturated carbocycles.